The van der Waals surface area contributed by atoms with E-state index in [9.17, 15) is 9.18 Å². The summed E-state index contributed by atoms with van der Waals surface area (Å²) < 4.78 is 25.8. The molecule has 0 aliphatic carbocycles. The third-order valence-electron chi connectivity index (χ3n) is 6.81. The first-order chi connectivity index (χ1) is 20.5. The highest BCUT2D eigenvalue weighted by Crippen LogP contribution is 2.36. The minimum atomic E-state index is -0.900. The standard InChI is InChI=1S/C31H28FN7O3/c1-31(29(40)36-22-7-3-2-4-8-22)18-41-28(42-19-31)27-38-25(20-10-12-21(32)13-11-20)26(39-27)24-14-16-34-30(37-24)35-17-23-9-5-6-15-33-23/h2-16,28H,17-19H2,1H3,(H,36,40)(H,38,39)(H,34,35,37). The molecule has 1 fully saturated rings. The molecule has 0 saturated carbocycles. The van der Waals surface area contributed by atoms with Gasteiger partial charge in [-0.3, -0.25) is 9.78 Å². The molecule has 0 unspecified atom stereocenters. The lowest BCUT2D eigenvalue weighted by Gasteiger charge is -2.35. The number of nitrogens with one attached hydrogen (secondary N) is 3. The highest BCUT2D eigenvalue weighted by Gasteiger charge is 2.41. The molecular weight excluding hydrogens is 537 g/mol. The lowest BCUT2D eigenvalue weighted by atomic mass is 9.91. The van der Waals surface area contributed by atoms with Gasteiger partial charge in [-0.05, 0) is 61.5 Å². The molecule has 0 bridgehead atoms. The summed E-state index contributed by atoms with van der Waals surface area (Å²) in [6.45, 7) is 2.48. The molecule has 11 heteroatoms. The zero-order chi connectivity index (χ0) is 28.9. The smallest absolute Gasteiger partial charge is 0.234 e. The van der Waals surface area contributed by atoms with Gasteiger partial charge in [-0.2, -0.15) is 0 Å². The zero-order valence-corrected chi connectivity index (χ0v) is 22.8. The Labute approximate surface area is 241 Å². The Morgan fingerprint density at radius 2 is 1.71 bits per heavy atom. The van der Waals surface area contributed by atoms with E-state index in [-0.39, 0.29) is 24.9 Å². The lowest BCUT2D eigenvalue weighted by Crippen LogP contribution is -2.45. The second-order valence-corrected chi connectivity index (χ2v) is 10.1. The Balaban J connectivity index is 1.24. The monoisotopic (exact) mass is 565 g/mol. The van der Waals surface area contributed by atoms with E-state index in [0.717, 1.165) is 5.69 Å². The lowest BCUT2D eigenvalue weighted by molar-refractivity contribution is -0.229. The van der Waals surface area contributed by atoms with Gasteiger partial charge in [0.25, 0.3) is 0 Å². The van der Waals surface area contributed by atoms with Crippen LogP contribution in [-0.2, 0) is 20.8 Å². The Morgan fingerprint density at radius 3 is 2.45 bits per heavy atom. The zero-order valence-electron chi connectivity index (χ0n) is 22.8. The van der Waals surface area contributed by atoms with Crippen LogP contribution >= 0.6 is 0 Å². The van der Waals surface area contributed by atoms with E-state index in [1.54, 1.807) is 37.5 Å². The summed E-state index contributed by atoms with van der Waals surface area (Å²) in [5.41, 5.74) is 3.02. The predicted molar refractivity (Wildman–Crippen MR) is 154 cm³/mol. The summed E-state index contributed by atoms with van der Waals surface area (Å²) in [6.07, 6.45) is 2.52. The van der Waals surface area contributed by atoms with Gasteiger partial charge in [0.05, 0.1) is 47.9 Å². The molecular formula is C31H28FN7O3. The Hall–Kier alpha value is -5.00. The number of carbonyl (C=O) groups excluding carboxylic acids is 1. The van der Waals surface area contributed by atoms with Crippen molar-refractivity contribution in [3.8, 4) is 22.6 Å². The van der Waals surface area contributed by atoms with Crippen LogP contribution in [0.4, 0.5) is 16.0 Å². The molecule has 6 rings (SSSR count). The van der Waals surface area contributed by atoms with Gasteiger partial charge in [0.15, 0.2) is 5.82 Å². The normalized spacial score (nSPS) is 18.4. The SMILES string of the molecule is CC1(C(=O)Nc2ccccc2)COC(c2nc(-c3ccc(F)cc3)c(-c3ccnc(NCc4ccccn4)n3)[nH]2)OC1. The van der Waals surface area contributed by atoms with Gasteiger partial charge in [-0.1, -0.05) is 24.3 Å². The number of aromatic nitrogens is 5. The quantitative estimate of drug-likeness (QED) is 0.229. The largest absolute Gasteiger partial charge is 0.349 e. The van der Waals surface area contributed by atoms with Crippen LogP contribution in [0.2, 0.25) is 0 Å². The topological polar surface area (TPSA) is 127 Å². The van der Waals surface area contributed by atoms with Crippen molar-refractivity contribution in [1.82, 2.24) is 24.9 Å². The first-order valence-electron chi connectivity index (χ1n) is 13.4. The average molecular weight is 566 g/mol. The minimum absolute atomic E-state index is 0.118. The van der Waals surface area contributed by atoms with Crippen LogP contribution < -0.4 is 10.6 Å². The van der Waals surface area contributed by atoms with Crippen LogP contribution in [0.25, 0.3) is 22.6 Å². The number of halogens is 1. The highest BCUT2D eigenvalue weighted by molar-refractivity contribution is 5.95. The number of hydrogen-bond acceptors (Lipinski definition) is 8. The summed E-state index contributed by atoms with van der Waals surface area (Å²) >= 11 is 0. The second-order valence-electron chi connectivity index (χ2n) is 10.1. The molecule has 0 radical (unpaired) electrons. The molecule has 0 atom stereocenters. The summed E-state index contributed by atoms with van der Waals surface area (Å²) in [5, 5.41) is 6.11. The molecule has 10 nitrogen and oxygen atoms in total. The molecule has 212 valence electrons. The van der Waals surface area contributed by atoms with E-state index in [0.29, 0.717) is 46.7 Å². The first kappa shape index (κ1) is 27.2. The molecule has 1 aliphatic rings. The molecule has 5 aromatic rings. The van der Waals surface area contributed by atoms with Gasteiger partial charge < -0.3 is 25.1 Å². The molecule has 3 N–H and O–H groups in total. The molecule has 4 heterocycles. The molecule has 1 aliphatic heterocycles. The summed E-state index contributed by atoms with van der Waals surface area (Å²) in [4.78, 5) is 34.4. The number of rotatable bonds is 8. The maximum atomic E-state index is 13.7. The van der Waals surface area contributed by atoms with E-state index in [1.807, 2.05) is 48.5 Å². The number of nitrogens with zero attached hydrogens (tertiary/aromatic N) is 4. The number of H-pyrrole nitrogens is 1. The third-order valence-corrected chi connectivity index (χ3v) is 6.81. The van der Waals surface area contributed by atoms with Gasteiger partial charge in [-0.15, -0.1) is 0 Å². The van der Waals surface area contributed by atoms with Gasteiger partial charge in [-0.25, -0.2) is 19.3 Å². The van der Waals surface area contributed by atoms with Gasteiger partial charge >= 0.3 is 0 Å². The average Bonchev–Trinajstić information content (AvgIpc) is 3.47. The van der Waals surface area contributed by atoms with E-state index in [4.69, 9.17) is 14.5 Å². The van der Waals surface area contributed by atoms with Crippen molar-refractivity contribution in [2.75, 3.05) is 23.8 Å². The van der Waals surface area contributed by atoms with Crippen molar-refractivity contribution in [2.24, 2.45) is 5.41 Å². The number of amides is 1. The van der Waals surface area contributed by atoms with Crippen molar-refractivity contribution in [3.05, 3.63) is 109 Å². The van der Waals surface area contributed by atoms with Crippen LogP contribution in [0, 0.1) is 11.2 Å². The van der Waals surface area contributed by atoms with Crippen LogP contribution in [0.15, 0.2) is 91.3 Å². The molecule has 1 amide bonds. The number of hydrogen-bond donors (Lipinski definition) is 3. The number of aromatic amines is 1. The maximum Gasteiger partial charge on any atom is 0.234 e. The van der Waals surface area contributed by atoms with Crippen molar-refractivity contribution in [3.63, 3.8) is 0 Å². The Kier molecular flexibility index (Phi) is 7.67. The summed E-state index contributed by atoms with van der Waals surface area (Å²) in [7, 11) is 0. The number of anilines is 2. The number of benzene rings is 2. The summed E-state index contributed by atoms with van der Waals surface area (Å²) in [6, 6.07) is 22.7. The number of imidazole rings is 1. The van der Waals surface area contributed by atoms with Crippen LogP contribution in [-0.4, -0.2) is 44.0 Å². The van der Waals surface area contributed by atoms with E-state index < -0.39 is 11.7 Å². The number of carbonyl (C=O) groups is 1. The number of ether oxygens (including phenoxy) is 2. The van der Waals surface area contributed by atoms with Gasteiger partial charge in [0.1, 0.15) is 5.82 Å². The van der Waals surface area contributed by atoms with Crippen molar-refractivity contribution >= 4 is 17.5 Å². The number of pyridine rings is 1. The first-order valence-corrected chi connectivity index (χ1v) is 13.4. The fourth-order valence-corrected chi connectivity index (χ4v) is 4.46. The van der Waals surface area contributed by atoms with E-state index in [2.05, 4.69) is 30.6 Å². The summed E-state index contributed by atoms with van der Waals surface area (Å²) in [5.74, 6) is 0.248. The molecule has 2 aromatic carbocycles. The van der Waals surface area contributed by atoms with Crippen molar-refractivity contribution in [1.29, 1.82) is 0 Å². The molecule has 42 heavy (non-hydrogen) atoms. The van der Waals surface area contributed by atoms with Crippen molar-refractivity contribution < 1.29 is 18.7 Å². The number of para-hydroxylation sites is 1. The van der Waals surface area contributed by atoms with Crippen LogP contribution in [0.5, 0.6) is 0 Å². The predicted octanol–water partition coefficient (Wildman–Crippen LogP) is 5.37. The third kappa shape index (κ3) is 6.02. The van der Waals surface area contributed by atoms with E-state index in [1.165, 1.54) is 12.1 Å². The maximum absolute atomic E-state index is 13.7. The van der Waals surface area contributed by atoms with Gasteiger partial charge in [0.2, 0.25) is 18.1 Å². The fraction of sp³-hybridized carbons (Fsp3) is 0.194. The fourth-order valence-electron chi connectivity index (χ4n) is 4.46. The highest BCUT2D eigenvalue weighted by atomic mass is 19.1. The second kappa shape index (κ2) is 11.9. The Morgan fingerprint density at radius 1 is 0.952 bits per heavy atom. The van der Waals surface area contributed by atoms with Crippen LogP contribution in [0.1, 0.15) is 24.7 Å². The Bertz CT molecular complexity index is 1660. The van der Waals surface area contributed by atoms with E-state index >= 15 is 0 Å². The van der Waals surface area contributed by atoms with Crippen molar-refractivity contribution in [2.45, 2.75) is 19.8 Å². The molecule has 0 spiro atoms. The minimum Gasteiger partial charge on any atom is -0.349 e. The molecule has 1 saturated heterocycles. The van der Waals surface area contributed by atoms with Gasteiger partial charge in [0, 0.05) is 23.6 Å². The van der Waals surface area contributed by atoms with Crippen LogP contribution in [0.3, 0.4) is 0 Å². The molecule has 3 aromatic heterocycles.